The molecule has 170 valence electrons. The van der Waals surface area contributed by atoms with Crippen molar-refractivity contribution in [2.24, 2.45) is 0 Å². The predicted octanol–water partition coefficient (Wildman–Crippen LogP) is 1.72. The highest BCUT2D eigenvalue weighted by Crippen LogP contribution is 2.19. The van der Waals surface area contributed by atoms with Crippen LogP contribution in [-0.4, -0.2) is 83.7 Å². The lowest BCUT2D eigenvalue weighted by atomic mass is 10.3. The Hall–Kier alpha value is -2.86. The largest absolute Gasteiger partial charge is 0.467 e. The third-order valence-corrected chi connectivity index (χ3v) is 4.74. The number of carbonyl (C=O) groups is 2. The molecule has 1 aliphatic rings. The van der Waals surface area contributed by atoms with Gasteiger partial charge >= 0.3 is 6.18 Å². The number of aromatic nitrogens is 1. The van der Waals surface area contributed by atoms with Crippen LogP contribution in [0.15, 0.2) is 33.4 Å². The molecule has 9 nitrogen and oxygen atoms in total. The van der Waals surface area contributed by atoms with E-state index in [9.17, 15) is 22.8 Å². The minimum Gasteiger partial charge on any atom is -0.467 e. The Kier molecular flexibility index (Phi) is 7.33. The second-order valence-corrected chi connectivity index (χ2v) is 7.37. The van der Waals surface area contributed by atoms with Crippen LogP contribution in [0.4, 0.5) is 19.0 Å². The Labute approximate surface area is 176 Å². The van der Waals surface area contributed by atoms with Crippen LogP contribution in [0.25, 0.3) is 0 Å². The number of halogens is 3. The molecule has 0 spiro atoms. The second-order valence-electron chi connectivity index (χ2n) is 7.37. The number of piperazine rings is 1. The molecule has 12 heteroatoms. The van der Waals surface area contributed by atoms with Crippen molar-refractivity contribution >= 4 is 17.6 Å². The number of hydrogen-bond donors (Lipinski definition) is 1. The van der Waals surface area contributed by atoms with E-state index in [2.05, 4.69) is 10.5 Å². The molecule has 1 fully saturated rings. The summed E-state index contributed by atoms with van der Waals surface area (Å²) in [6.07, 6.45) is -3.15. The van der Waals surface area contributed by atoms with Crippen molar-refractivity contribution in [2.75, 3.05) is 51.1 Å². The summed E-state index contributed by atoms with van der Waals surface area (Å²) in [5.41, 5.74) is 0. The number of amides is 2. The van der Waals surface area contributed by atoms with Crippen molar-refractivity contribution < 1.29 is 31.7 Å². The maximum absolute atomic E-state index is 12.9. The molecule has 31 heavy (non-hydrogen) atoms. The highest BCUT2D eigenvalue weighted by Gasteiger charge is 2.34. The molecule has 0 bridgehead atoms. The molecule has 1 saturated heterocycles. The van der Waals surface area contributed by atoms with Crippen molar-refractivity contribution in [1.82, 2.24) is 19.9 Å². The second kappa shape index (κ2) is 9.96. The van der Waals surface area contributed by atoms with E-state index in [1.165, 1.54) is 12.3 Å². The Morgan fingerprint density at radius 2 is 1.87 bits per heavy atom. The van der Waals surface area contributed by atoms with Gasteiger partial charge in [-0.2, -0.15) is 13.2 Å². The Morgan fingerprint density at radius 3 is 2.42 bits per heavy atom. The highest BCUT2D eigenvalue weighted by molar-refractivity contribution is 5.91. The topological polar surface area (TPSA) is 95.1 Å². The molecule has 2 aromatic rings. The third-order valence-electron chi connectivity index (χ3n) is 4.74. The molecule has 1 aliphatic heterocycles. The minimum atomic E-state index is -4.50. The fraction of sp³-hybridized carbons (Fsp3) is 0.526. The van der Waals surface area contributed by atoms with Crippen molar-refractivity contribution in [3.63, 3.8) is 0 Å². The van der Waals surface area contributed by atoms with Crippen LogP contribution in [0.2, 0.25) is 0 Å². The molecule has 2 amide bonds. The fourth-order valence-electron chi connectivity index (χ4n) is 3.25. The average Bonchev–Trinajstić information content (AvgIpc) is 3.33. The van der Waals surface area contributed by atoms with Crippen molar-refractivity contribution in [3.8, 4) is 0 Å². The van der Waals surface area contributed by atoms with Crippen LogP contribution in [0, 0.1) is 6.92 Å². The molecule has 1 N–H and O–H groups in total. The molecule has 0 aliphatic carbocycles. The SMILES string of the molecule is Cc1cc(NC(=O)CN2CCN(CC(=O)N(Cc3ccco3)CC(F)(F)F)CC2)no1. The number of carbonyl (C=O) groups excluding carboxylic acids is 2. The molecule has 3 heterocycles. The van der Waals surface area contributed by atoms with Crippen LogP contribution < -0.4 is 5.32 Å². The van der Waals surface area contributed by atoms with Gasteiger partial charge in [-0.3, -0.25) is 19.4 Å². The summed E-state index contributed by atoms with van der Waals surface area (Å²) < 4.78 is 48.7. The van der Waals surface area contributed by atoms with E-state index in [0.29, 0.717) is 37.8 Å². The van der Waals surface area contributed by atoms with Gasteiger partial charge in [-0.25, -0.2) is 0 Å². The van der Waals surface area contributed by atoms with E-state index in [-0.39, 0.29) is 31.3 Å². The minimum absolute atomic E-state index is 0.130. The van der Waals surface area contributed by atoms with Crippen molar-refractivity contribution in [2.45, 2.75) is 19.6 Å². The lowest BCUT2D eigenvalue weighted by Gasteiger charge is -2.35. The van der Waals surface area contributed by atoms with E-state index in [1.54, 1.807) is 24.0 Å². The Morgan fingerprint density at radius 1 is 1.19 bits per heavy atom. The van der Waals surface area contributed by atoms with E-state index in [4.69, 9.17) is 8.94 Å². The van der Waals surface area contributed by atoms with Gasteiger partial charge in [-0.15, -0.1) is 0 Å². The number of alkyl halides is 3. The van der Waals surface area contributed by atoms with E-state index in [0.717, 1.165) is 4.90 Å². The highest BCUT2D eigenvalue weighted by atomic mass is 19.4. The maximum atomic E-state index is 12.9. The number of rotatable bonds is 8. The Balaban J connectivity index is 1.45. The summed E-state index contributed by atoms with van der Waals surface area (Å²) in [7, 11) is 0. The van der Waals surface area contributed by atoms with Crippen molar-refractivity contribution in [3.05, 3.63) is 36.0 Å². The quantitative estimate of drug-likeness (QED) is 0.664. The molecule has 2 aromatic heterocycles. The van der Waals surface area contributed by atoms with Gasteiger partial charge in [0.25, 0.3) is 0 Å². The molecular formula is C19H24F3N5O4. The zero-order valence-electron chi connectivity index (χ0n) is 17.0. The van der Waals surface area contributed by atoms with Gasteiger partial charge in [0.05, 0.1) is 25.9 Å². The Bertz CT molecular complexity index is 860. The van der Waals surface area contributed by atoms with Gasteiger partial charge in [-0.1, -0.05) is 5.16 Å². The van der Waals surface area contributed by atoms with Crippen LogP contribution >= 0.6 is 0 Å². The number of nitrogens with one attached hydrogen (secondary N) is 1. The van der Waals surface area contributed by atoms with Gasteiger partial charge in [0.15, 0.2) is 5.82 Å². The normalized spacial score (nSPS) is 15.7. The summed E-state index contributed by atoms with van der Waals surface area (Å²) in [5.74, 6) is 0.345. The number of aryl methyl sites for hydroxylation is 1. The van der Waals surface area contributed by atoms with Gasteiger partial charge < -0.3 is 19.2 Å². The van der Waals surface area contributed by atoms with E-state index in [1.807, 2.05) is 4.90 Å². The zero-order chi connectivity index (χ0) is 22.4. The first-order valence-electron chi connectivity index (χ1n) is 9.73. The summed E-state index contributed by atoms with van der Waals surface area (Å²) in [4.78, 5) is 29.1. The summed E-state index contributed by atoms with van der Waals surface area (Å²) >= 11 is 0. The van der Waals surface area contributed by atoms with Crippen LogP contribution in [-0.2, 0) is 16.1 Å². The van der Waals surface area contributed by atoms with Gasteiger partial charge in [0, 0.05) is 32.2 Å². The number of nitrogens with zero attached hydrogens (tertiary/aromatic N) is 4. The number of furan rings is 1. The van der Waals surface area contributed by atoms with Crippen molar-refractivity contribution in [1.29, 1.82) is 0 Å². The molecule has 0 unspecified atom stereocenters. The van der Waals surface area contributed by atoms with Crippen LogP contribution in [0.3, 0.4) is 0 Å². The first kappa shape index (κ1) is 22.8. The van der Waals surface area contributed by atoms with E-state index < -0.39 is 18.6 Å². The first-order chi connectivity index (χ1) is 14.7. The lowest BCUT2D eigenvalue weighted by molar-refractivity contribution is -0.163. The smallest absolute Gasteiger partial charge is 0.406 e. The zero-order valence-corrected chi connectivity index (χ0v) is 17.0. The van der Waals surface area contributed by atoms with Crippen LogP contribution in [0.5, 0.6) is 0 Å². The average molecular weight is 443 g/mol. The van der Waals surface area contributed by atoms with E-state index >= 15 is 0 Å². The standard InChI is InChI=1S/C19H24F3N5O4/c1-14-9-16(24-31-14)23-17(28)11-25-4-6-26(7-5-25)12-18(29)27(13-19(20,21)22)10-15-3-2-8-30-15/h2-3,8-9H,4-7,10-13H2,1H3,(H,23,24,28). The number of hydrogen-bond acceptors (Lipinski definition) is 7. The summed E-state index contributed by atoms with van der Waals surface area (Å²) in [5, 5.41) is 6.34. The first-order valence-corrected chi connectivity index (χ1v) is 9.73. The molecule has 3 rings (SSSR count). The van der Waals surface area contributed by atoms with Gasteiger partial charge in [0.1, 0.15) is 18.1 Å². The molecule has 0 radical (unpaired) electrons. The maximum Gasteiger partial charge on any atom is 0.406 e. The predicted molar refractivity (Wildman–Crippen MR) is 103 cm³/mol. The van der Waals surface area contributed by atoms with Gasteiger partial charge in [0.2, 0.25) is 11.8 Å². The summed E-state index contributed by atoms with van der Waals surface area (Å²) in [6.45, 7) is 2.09. The fourth-order valence-corrected chi connectivity index (χ4v) is 3.25. The molecule has 0 atom stereocenters. The number of anilines is 1. The monoisotopic (exact) mass is 443 g/mol. The molecular weight excluding hydrogens is 419 g/mol. The molecule has 0 saturated carbocycles. The molecule has 0 aromatic carbocycles. The lowest BCUT2D eigenvalue weighted by Crippen LogP contribution is -2.52. The van der Waals surface area contributed by atoms with Gasteiger partial charge in [-0.05, 0) is 19.1 Å². The third kappa shape index (κ3) is 7.40. The van der Waals surface area contributed by atoms with Crippen LogP contribution in [0.1, 0.15) is 11.5 Å². The summed E-state index contributed by atoms with van der Waals surface area (Å²) in [6, 6.07) is 4.70.